The van der Waals surface area contributed by atoms with Gasteiger partial charge in [0.25, 0.3) is 5.91 Å². The molecule has 0 saturated carbocycles. The molecule has 168 valence electrons. The van der Waals surface area contributed by atoms with Crippen LogP contribution in [0.5, 0.6) is 5.75 Å². The Morgan fingerprint density at radius 2 is 1.88 bits per heavy atom. The molecule has 3 N–H and O–H groups in total. The molecule has 9 heteroatoms. The van der Waals surface area contributed by atoms with Gasteiger partial charge in [-0.25, -0.2) is 9.77 Å². The average molecular weight is 480 g/mol. The Balaban J connectivity index is 1.45. The number of aromatic nitrogens is 3. The van der Waals surface area contributed by atoms with E-state index in [4.69, 9.17) is 28.6 Å². The predicted molar refractivity (Wildman–Crippen MR) is 133 cm³/mol. The molecule has 1 amide bonds. The molecule has 33 heavy (non-hydrogen) atoms. The number of rotatable bonds is 8. The first-order valence-corrected chi connectivity index (χ1v) is 11.0. The summed E-state index contributed by atoms with van der Waals surface area (Å²) in [5.74, 6) is 0.945. The molecule has 0 radical (unpaired) electrons. The Hall–Kier alpha value is -3.62. The minimum Gasteiger partial charge on any atom is -0.483 e. The lowest BCUT2D eigenvalue weighted by atomic mass is 10.2. The van der Waals surface area contributed by atoms with Crippen LogP contribution < -0.4 is 15.5 Å². The van der Waals surface area contributed by atoms with Crippen LogP contribution in [0.1, 0.15) is 11.1 Å². The zero-order chi connectivity index (χ0) is 23.2. The van der Waals surface area contributed by atoms with Crippen molar-refractivity contribution in [3.05, 3.63) is 93.7 Å². The number of anilines is 1. The highest BCUT2D eigenvalue weighted by molar-refractivity contribution is 7.71. The Labute approximate surface area is 201 Å². The van der Waals surface area contributed by atoms with Crippen LogP contribution in [0.15, 0.2) is 72.8 Å². The zero-order valence-electron chi connectivity index (χ0n) is 17.8. The van der Waals surface area contributed by atoms with Crippen LogP contribution in [0.3, 0.4) is 0 Å². The summed E-state index contributed by atoms with van der Waals surface area (Å²) in [6, 6.07) is 22.5. The first kappa shape index (κ1) is 22.6. The molecule has 0 unspecified atom stereocenters. The number of halogens is 1. The van der Waals surface area contributed by atoms with E-state index in [1.807, 2.05) is 61.5 Å². The third-order valence-electron chi connectivity index (χ3n) is 4.85. The van der Waals surface area contributed by atoms with Gasteiger partial charge in [-0.3, -0.25) is 4.79 Å². The molecular formula is C24H22ClN5O2S. The van der Waals surface area contributed by atoms with E-state index in [1.165, 1.54) is 0 Å². The SMILES string of the molecule is Cc1ccc(NC(=O)COc2ccc(Cl)cc2CNn2c(-c3ccccc3)n[nH]c2=S)cc1. The monoisotopic (exact) mass is 479 g/mol. The van der Waals surface area contributed by atoms with Crippen molar-refractivity contribution in [3.8, 4) is 17.1 Å². The van der Waals surface area contributed by atoms with Gasteiger partial charge >= 0.3 is 0 Å². The second-order valence-electron chi connectivity index (χ2n) is 7.34. The Kier molecular flexibility index (Phi) is 7.07. The summed E-state index contributed by atoms with van der Waals surface area (Å²) < 4.78 is 7.92. The van der Waals surface area contributed by atoms with Crippen LogP contribution in [0.4, 0.5) is 5.69 Å². The Morgan fingerprint density at radius 1 is 1.12 bits per heavy atom. The number of ether oxygens (including phenoxy) is 1. The zero-order valence-corrected chi connectivity index (χ0v) is 19.4. The molecule has 3 aromatic carbocycles. The van der Waals surface area contributed by atoms with E-state index in [2.05, 4.69) is 20.9 Å². The second kappa shape index (κ2) is 10.3. The van der Waals surface area contributed by atoms with E-state index in [0.717, 1.165) is 22.4 Å². The summed E-state index contributed by atoms with van der Waals surface area (Å²) in [7, 11) is 0. The molecule has 0 aliphatic heterocycles. The molecule has 4 aromatic rings. The number of hydrogen-bond donors (Lipinski definition) is 3. The van der Waals surface area contributed by atoms with Crippen LogP contribution in [0.2, 0.25) is 5.02 Å². The summed E-state index contributed by atoms with van der Waals surface area (Å²) >= 11 is 11.6. The fourth-order valence-corrected chi connectivity index (χ4v) is 3.58. The van der Waals surface area contributed by atoms with Gasteiger partial charge in [0.05, 0.1) is 6.54 Å². The lowest BCUT2D eigenvalue weighted by Gasteiger charge is -2.15. The minimum atomic E-state index is -0.254. The average Bonchev–Trinajstić information content (AvgIpc) is 3.19. The summed E-state index contributed by atoms with van der Waals surface area (Å²) in [5, 5.41) is 10.5. The van der Waals surface area contributed by atoms with Crippen LogP contribution in [0, 0.1) is 11.7 Å². The summed E-state index contributed by atoms with van der Waals surface area (Å²) in [4.78, 5) is 12.3. The third-order valence-corrected chi connectivity index (χ3v) is 5.36. The smallest absolute Gasteiger partial charge is 0.262 e. The fourth-order valence-electron chi connectivity index (χ4n) is 3.19. The van der Waals surface area contributed by atoms with Crippen molar-refractivity contribution in [2.24, 2.45) is 0 Å². The number of aryl methyl sites for hydroxylation is 1. The van der Waals surface area contributed by atoms with Crippen LogP contribution in [-0.2, 0) is 11.3 Å². The van der Waals surface area contributed by atoms with Gasteiger partial charge < -0.3 is 15.5 Å². The highest BCUT2D eigenvalue weighted by Crippen LogP contribution is 2.24. The van der Waals surface area contributed by atoms with Crippen molar-refractivity contribution in [3.63, 3.8) is 0 Å². The normalized spacial score (nSPS) is 10.6. The van der Waals surface area contributed by atoms with Crippen molar-refractivity contribution in [2.45, 2.75) is 13.5 Å². The van der Waals surface area contributed by atoms with Crippen molar-refractivity contribution in [1.29, 1.82) is 0 Å². The van der Waals surface area contributed by atoms with E-state index < -0.39 is 0 Å². The van der Waals surface area contributed by atoms with Gasteiger partial charge in [0.2, 0.25) is 4.77 Å². The Morgan fingerprint density at radius 3 is 2.64 bits per heavy atom. The molecule has 1 heterocycles. The number of H-pyrrole nitrogens is 1. The number of nitrogens with zero attached hydrogens (tertiary/aromatic N) is 2. The van der Waals surface area contributed by atoms with Gasteiger partial charge in [-0.2, -0.15) is 5.10 Å². The van der Waals surface area contributed by atoms with E-state index in [-0.39, 0.29) is 12.5 Å². The number of nitrogens with one attached hydrogen (secondary N) is 3. The van der Waals surface area contributed by atoms with Crippen molar-refractivity contribution < 1.29 is 9.53 Å². The van der Waals surface area contributed by atoms with Gasteiger partial charge in [-0.15, -0.1) is 0 Å². The van der Waals surface area contributed by atoms with Crippen molar-refractivity contribution in [2.75, 3.05) is 17.3 Å². The summed E-state index contributed by atoms with van der Waals surface area (Å²) in [5.41, 5.74) is 6.78. The molecule has 0 bridgehead atoms. The largest absolute Gasteiger partial charge is 0.483 e. The lowest BCUT2D eigenvalue weighted by Crippen LogP contribution is -2.21. The van der Waals surface area contributed by atoms with E-state index >= 15 is 0 Å². The van der Waals surface area contributed by atoms with E-state index in [0.29, 0.717) is 27.9 Å². The van der Waals surface area contributed by atoms with Crippen LogP contribution >= 0.6 is 23.8 Å². The predicted octanol–water partition coefficient (Wildman–Crippen LogP) is 5.33. The standard InChI is InChI=1S/C24H22ClN5O2S/c1-16-7-10-20(11-8-16)27-22(31)15-32-21-12-9-19(25)13-18(21)14-26-30-23(28-29-24(30)33)17-5-3-2-4-6-17/h2-13,26H,14-15H2,1H3,(H,27,31)(H,29,33). The van der Waals surface area contributed by atoms with Crippen molar-refractivity contribution in [1.82, 2.24) is 14.9 Å². The number of hydrogen-bond acceptors (Lipinski definition) is 5. The maximum absolute atomic E-state index is 12.3. The topological polar surface area (TPSA) is 84.0 Å². The van der Waals surface area contributed by atoms with E-state index in [1.54, 1.807) is 22.9 Å². The second-order valence-corrected chi connectivity index (χ2v) is 8.17. The number of aromatic amines is 1. The Bertz CT molecular complexity index is 1300. The van der Waals surface area contributed by atoms with Crippen LogP contribution in [-0.4, -0.2) is 27.4 Å². The van der Waals surface area contributed by atoms with Gasteiger partial charge in [0, 0.05) is 21.8 Å². The summed E-state index contributed by atoms with van der Waals surface area (Å²) in [6.07, 6.45) is 0. The van der Waals surface area contributed by atoms with E-state index in [9.17, 15) is 4.79 Å². The van der Waals surface area contributed by atoms with Gasteiger partial charge in [0.1, 0.15) is 5.75 Å². The van der Waals surface area contributed by atoms with Gasteiger partial charge in [0.15, 0.2) is 12.4 Å². The molecule has 1 aromatic heterocycles. The summed E-state index contributed by atoms with van der Waals surface area (Å²) in [6.45, 7) is 2.20. The number of amides is 1. The number of carbonyl (C=O) groups is 1. The highest BCUT2D eigenvalue weighted by Gasteiger charge is 2.12. The third kappa shape index (κ3) is 5.79. The number of benzene rings is 3. The quantitative estimate of drug-likeness (QED) is 0.297. The molecule has 0 spiro atoms. The maximum atomic E-state index is 12.3. The first-order valence-electron chi connectivity index (χ1n) is 10.2. The first-order chi connectivity index (χ1) is 16.0. The molecular weight excluding hydrogens is 458 g/mol. The molecule has 0 atom stereocenters. The fraction of sp³-hybridized carbons (Fsp3) is 0.125. The van der Waals surface area contributed by atoms with Gasteiger partial charge in [-0.05, 0) is 49.5 Å². The molecule has 0 aliphatic rings. The molecule has 0 saturated heterocycles. The molecule has 4 rings (SSSR count). The minimum absolute atomic E-state index is 0.136. The molecule has 0 aliphatic carbocycles. The lowest BCUT2D eigenvalue weighted by molar-refractivity contribution is -0.118. The highest BCUT2D eigenvalue weighted by atomic mass is 35.5. The maximum Gasteiger partial charge on any atom is 0.262 e. The molecule has 7 nitrogen and oxygen atoms in total. The van der Waals surface area contributed by atoms with Crippen molar-refractivity contribution >= 4 is 35.4 Å². The molecule has 0 fully saturated rings. The van der Waals surface area contributed by atoms with Gasteiger partial charge in [-0.1, -0.05) is 59.6 Å². The number of carbonyl (C=O) groups excluding carboxylic acids is 1. The van der Waals surface area contributed by atoms with Crippen LogP contribution in [0.25, 0.3) is 11.4 Å².